The Morgan fingerprint density at radius 3 is 1.61 bits per heavy atom. The monoisotopic (exact) mass is 865 g/mol. The molecule has 12 aromatic rings. The summed E-state index contributed by atoms with van der Waals surface area (Å²) in [6.45, 7) is 0. The number of benzene rings is 11. The Morgan fingerprint density at radius 2 is 0.894 bits per heavy atom. The predicted octanol–water partition coefficient (Wildman–Crippen LogP) is 17.7. The van der Waals surface area contributed by atoms with Gasteiger partial charge in [0.25, 0.3) is 0 Å². The maximum atomic E-state index is 10.2. The van der Waals surface area contributed by atoms with Crippen molar-refractivity contribution in [3.8, 4) is 11.1 Å². The number of hydrogen-bond acceptors (Lipinski definition) is 3. The Morgan fingerprint density at radius 1 is 0.348 bits per heavy atom. The lowest BCUT2D eigenvalue weighted by Gasteiger charge is -2.36. The minimum absolute atomic E-state index is 0.0531. The van der Waals surface area contributed by atoms with Gasteiger partial charge in [-0.2, -0.15) is 0 Å². The Hall–Kier alpha value is -8.24. The average molecular weight is 866 g/mol. The van der Waals surface area contributed by atoms with Gasteiger partial charge in [0.15, 0.2) is 0 Å². The number of nitrogens with zero attached hydrogens (tertiary/aromatic N) is 2. The van der Waals surface area contributed by atoms with Gasteiger partial charge in [0.05, 0.1) is 20.7 Å². The van der Waals surface area contributed by atoms with Crippen molar-refractivity contribution in [1.82, 2.24) is 0 Å². The molecule has 0 spiro atoms. The predicted molar refractivity (Wildman–Crippen MR) is 281 cm³/mol. The van der Waals surface area contributed by atoms with Crippen LogP contribution in [-0.4, -0.2) is 0 Å². The normalized spacial score (nSPS) is 15.6. The summed E-state index contributed by atoms with van der Waals surface area (Å²) in [5.41, 5.74) is 8.40. The molecule has 0 saturated carbocycles. The number of anilines is 6. The molecule has 0 radical (unpaired) electrons. The van der Waals surface area contributed by atoms with Crippen molar-refractivity contribution in [3.05, 3.63) is 277 Å². The molecule has 3 heteroatoms. The topological polar surface area (TPSA) is 6.48 Å². The van der Waals surface area contributed by atoms with Gasteiger partial charge in [-0.1, -0.05) is 176 Å². The Labute approximate surface area is 398 Å². The minimum atomic E-state index is -1.48. The molecule has 0 saturated heterocycles. The number of fused-ring (bicyclic) bond motifs is 8. The summed E-state index contributed by atoms with van der Waals surface area (Å²) < 4.78 is 68.4. The molecular weight excluding hydrogens is 817 g/mol. The van der Waals surface area contributed by atoms with E-state index in [9.17, 15) is 6.85 Å². The molecular formula is C63H42N2S. The first-order chi connectivity index (χ1) is 35.7. The van der Waals surface area contributed by atoms with Crippen LogP contribution in [0, 0.1) is 0 Å². The second kappa shape index (κ2) is 15.5. The van der Waals surface area contributed by atoms with E-state index in [1.807, 2.05) is 78.9 Å². The maximum Gasteiger partial charge on any atom is 0.0726 e. The van der Waals surface area contributed by atoms with E-state index in [2.05, 4.69) is 143 Å². The van der Waals surface area contributed by atoms with Crippen LogP contribution in [0.25, 0.3) is 52.8 Å². The molecule has 66 heavy (non-hydrogen) atoms. The standard InChI is InChI=1S/C63H42N2S/c1-4-23-45(24-5-1)64(46-25-6-2-7-26-46)48-37-39-56-53(41-48)54-42-49(65(47-27-8-3-9-28-47)59-34-17-22-44-20-11-13-30-51(44)59)38-40-57(54)63(56,55-32-16-21-43-19-10-12-29-50(43)55)58-33-18-36-61-62(58)52-31-14-15-35-60(52)66-61/h1-42H/i10D,12D,16D,19D,21D,29D,32D. The zero-order chi connectivity index (χ0) is 49.7. The molecule has 0 fully saturated rings. The van der Waals surface area contributed by atoms with E-state index in [1.165, 1.54) is 0 Å². The van der Waals surface area contributed by atoms with Gasteiger partial charge in [-0.05, 0) is 128 Å². The molecule has 1 aromatic heterocycles. The van der Waals surface area contributed by atoms with Gasteiger partial charge in [0.1, 0.15) is 0 Å². The SMILES string of the molecule is [2H]c1c([2H])c([2H])c2c(C3(c4cccc5sc6ccccc6c45)c4ccc(N(c5ccccc5)c5ccccc5)cc4-c4cc(N(c5ccccc5)c5cccc6ccccc56)ccc43)c([2H])c([2H])c([2H])c2c1[2H]. The van der Waals surface area contributed by atoms with Crippen molar-refractivity contribution in [2.75, 3.05) is 9.80 Å². The summed E-state index contributed by atoms with van der Waals surface area (Å²) in [6, 6.07) is 70.0. The Bertz CT molecular complexity index is 4150. The van der Waals surface area contributed by atoms with Crippen LogP contribution in [0.5, 0.6) is 0 Å². The third-order valence-electron chi connectivity index (χ3n) is 13.2. The van der Waals surface area contributed by atoms with E-state index < -0.39 is 35.6 Å². The first-order valence-electron chi connectivity index (χ1n) is 25.6. The quantitative estimate of drug-likeness (QED) is 0.150. The molecule has 0 aliphatic heterocycles. The van der Waals surface area contributed by atoms with Crippen molar-refractivity contribution in [1.29, 1.82) is 0 Å². The number of para-hydroxylation sites is 3. The average Bonchev–Trinajstić information content (AvgIpc) is 3.97. The van der Waals surface area contributed by atoms with Crippen LogP contribution in [0.15, 0.2) is 255 Å². The third-order valence-corrected chi connectivity index (χ3v) is 14.3. The molecule has 0 bridgehead atoms. The minimum Gasteiger partial charge on any atom is -0.310 e. The van der Waals surface area contributed by atoms with E-state index in [4.69, 9.17) is 2.74 Å². The second-order valence-corrected chi connectivity index (χ2v) is 17.7. The van der Waals surface area contributed by atoms with Crippen LogP contribution < -0.4 is 9.80 Å². The number of rotatable bonds is 8. The third kappa shape index (κ3) is 5.87. The molecule has 2 nitrogen and oxygen atoms in total. The first kappa shape index (κ1) is 31.6. The van der Waals surface area contributed by atoms with Gasteiger partial charge >= 0.3 is 0 Å². The van der Waals surface area contributed by atoms with Crippen molar-refractivity contribution in [2.45, 2.75) is 5.41 Å². The van der Waals surface area contributed by atoms with Crippen LogP contribution in [0.2, 0.25) is 0 Å². The van der Waals surface area contributed by atoms with Crippen molar-refractivity contribution >= 4 is 87.2 Å². The molecule has 0 amide bonds. The van der Waals surface area contributed by atoms with Crippen molar-refractivity contribution in [2.24, 2.45) is 0 Å². The van der Waals surface area contributed by atoms with Crippen LogP contribution in [-0.2, 0) is 5.41 Å². The second-order valence-electron chi connectivity index (χ2n) is 16.7. The molecule has 0 N–H and O–H groups in total. The highest BCUT2D eigenvalue weighted by Crippen LogP contribution is 2.61. The highest BCUT2D eigenvalue weighted by Gasteiger charge is 2.48. The number of hydrogen-bond donors (Lipinski definition) is 0. The largest absolute Gasteiger partial charge is 0.310 e. The number of thiophene rings is 1. The summed E-state index contributed by atoms with van der Waals surface area (Å²) in [5.74, 6) is 0. The molecule has 13 rings (SSSR count). The van der Waals surface area contributed by atoms with Crippen LogP contribution in [0.4, 0.5) is 34.1 Å². The van der Waals surface area contributed by atoms with E-state index >= 15 is 0 Å². The molecule has 1 unspecified atom stereocenters. The molecule has 1 aliphatic carbocycles. The van der Waals surface area contributed by atoms with E-state index in [0.717, 1.165) is 92.9 Å². The Kier molecular flexibility index (Phi) is 7.41. The van der Waals surface area contributed by atoms with Crippen molar-refractivity contribution in [3.63, 3.8) is 0 Å². The summed E-state index contributed by atoms with van der Waals surface area (Å²) in [4.78, 5) is 4.50. The molecule has 11 aromatic carbocycles. The maximum absolute atomic E-state index is 10.2. The van der Waals surface area contributed by atoms with Crippen LogP contribution >= 0.6 is 11.3 Å². The fourth-order valence-electron chi connectivity index (χ4n) is 10.5. The van der Waals surface area contributed by atoms with Gasteiger partial charge in [0.2, 0.25) is 0 Å². The summed E-state index contributed by atoms with van der Waals surface area (Å²) >= 11 is 1.67. The van der Waals surface area contributed by atoms with Crippen LogP contribution in [0.3, 0.4) is 0 Å². The van der Waals surface area contributed by atoms with Gasteiger partial charge in [-0.25, -0.2) is 0 Å². The van der Waals surface area contributed by atoms with E-state index in [0.29, 0.717) is 0 Å². The molecule has 310 valence electrons. The van der Waals surface area contributed by atoms with Gasteiger partial charge < -0.3 is 9.80 Å². The zero-order valence-corrected chi connectivity index (χ0v) is 36.3. The fraction of sp³-hybridized carbons (Fsp3) is 0.0159. The van der Waals surface area contributed by atoms with E-state index in [-0.39, 0.29) is 28.4 Å². The fourth-order valence-corrected chi connectivity index (χ4v) is 11.6. The smallest absolute Gasteiger partial charge is 0.0726 e. The van der Waals surface area contributed by atoms with Gasteiger partial charge in [0, 0.05) is 54.0 Å². The highest BCUT2D eigenvalue weighted by molar-refractivity contribution is 7.25. The van der Waals surface area contributed by atoms with Crippen molar-refractivity contribution < 1.29 is 9.60 Å². The highest BCUT2D eigenvalue weighted by atomic mass is 32.1. The lowest BCUT2D eigenvalue weighted by Crippen LogP contribution is -2.29. The first-order valence-corrected chi connectivity index (χ1v) is 22.9. The Balaban J connectivity index is 1.23. The molecule has 1 aliphatic rings. The summed E-state index contributed by atoms with van der Waals surface area (Å²) in [6.07, 6.45) is 0. The van der Waals surface area contributed by atoms with Gasteiger partial charge in [-0.3, -0.25) is 0 Å². The molecule has 1 heterocycles. The summed E-state index contributed by atoms with van der Waals surface area (Å²) in [7, 11) is 0. The molecule has 1 atom stereocenters. The van der Waals surface area contributed by atoms with Crippen LogP contribution in [0.1, 0.15) is 31.8 Å². The lowest BCUT2D eigenvalue weighted by molar-refractivity contribution is 0.785. The zero-order valence-electron chi connectivity index (χ0n) is 42.5. The summed E-state index contributed by atoms with van der Waals surface area (Å²) in [5, 5.41) is 4.09. The van der Waals surface area contributed by atoms with E-state index in [1.54, 1.807) is 11.3 Å². The lowest BCUT2D eigenvalue weighted by atomic mass is 9.65. The van der Waals surface area contributed by atoms with Gasteiger partial charge in [-0.15, -0.1) is 11.3 Å².